The van der Waals surface area contributed by atoms with E-state index in [4.69, 9.17) is 4.74 Å². The fourth-order valence-electron chi connectivity index (χ4n) is 2.75. The van der Waals surface area contributed by atoms with E-state index in [9.17, 15) is 4.79 Å². The number of para-hydroxylation sites is 1. The molecule has 4 aromatic rings. The van der Waals surface area contributed by atoms with Gasteiger partial charge in [0.2, 0.25) is 0 Å². The molecule has 0 aliphatic carbocycles. The van der Waals surface area contributed by atoms with E-state index in [2.05, 4.69) is 34.6 Å². The van der Waals surface area contributed by atoms with Gasteiger partial charge in [-0.25, -0.2) is 4.98 Å². The van der Waals surface area contributed by atoms with Crippen LogP contribution < -0.4 is 10.1 Å². The molecule has 0 aliphatic heterocycles. The Labute approximate surface area is 167 Å². The van der Waals surface area contributed by atoms with E-state index < -0.39 is 0 Å². The van der Waals surface area contributed by atoms with Crippen LogP contribution in [0.25, 0.3) is 22.4 Å². The van der Waals surface area contributed by atoms with Gasteiger partial charge in [0.05, 0.1) is 5.69 Å². The monoisotopic (exact) mass is 386 g/mol. The number of nitrogens with zero attached hydrogens (tertiary/aromatic N) is 1. The van der Waals surface area contributed by atoms with Gasteiger partial charge in [-0.05, 0) is 23.3 Å². The molecule has 4 nitrogen and oxygen atoms in total. The summed E-state index contributed by atoms with van der Waals surface area (Å²) in [6.07, 6.45) is 0. The van der Waals surface area contributed by atoms with Crippen LogP contribution in [0, 0.1) is 0 Å². The fraction of sp³-hybridized carbons (Fsp3) is 0.0435. The highest BCUT2D eigenvalue weighted by molar-refractivity contribution is 7.14. The second-order valence-corrected chi connectivity index (χ2v) is 6.99. The highest BCUT2D eigenvalue weighted by atomic mass is 32.1. The van der Waals surface area contributed by atoms with Crippen LogP contribution in [0.4, 0.5) is 5.13 Å². The number of carbonyl (C=O) groups excluding carboxylic acids is 1. The summed E-state index contributed by atoms with van der Waals surface area (Å²) in [7, 11) is 0. The molecule has 1 aromatic heterocycles. The molecule has 0 bridgehead atoms. The summed E-state index contributed by atoms with van der Waals surface area (Å²) in [5, 5.41) is 5.28. The first-order chi connectivity index (χ1) is 13.8. The number of amides is 1. The van der Waals surface area contributed by atoms with Crippen molar-refractivity contribution < 1.29 is 9.53 Å². The van der Waals surface area contributed by atoms with E-state index in [1.54, 1.807) is 0 Å². The standard InChI is InChI=1S/C23H18N2O2S/c26-22(15-27-20-9-5-2-6-10-20)25-23-24-21(16-28-23)19-13-11-18(12-14-19)17-7-3-1-4-8-17/h1-14,16H,15H2,(H,24,25,26). The zero-order valence-corrected chi connectivity index (χ0v) is 15.9. The fourth-order valence-corrected chi connectivity index (χ4v) is 3.48. The third-order valence-electron chi connectivity index (χ3n) is 4.15. The maximum absolute atomic E-state index is 12.1. The largest absolute Gasteiger partial charge is 0.484 e. The molecule has 138 valence electrons. The molecule has 3 aromatic carbocycles. The van der Waals surface area contributed by atoms with Gasteiger partial charge in [-0.1, -0.05) is 72.8 Å². The zero-order chi connectivity index (χ0) is 19.2. The van der Waals surface area contributed by atoms with Gasteiger partial charge < -0.3 is 4.74 Å². The van der Waals surface area contributed by atoms with Crippen LogP contribution in [-0.4, -0.2) is 17.5 Å². The van der Waals surface area contributed by atoms with Crippen LogP contribution in [-0.2, 0) is 4.79 Å². The molecule has 1 heterocycles. The quantitative estimate of drug-likeness (QED) is 0.476. The molecule has 0 atom stereocenters. The molecule has 4 rings (SSSR count). The third kappa shape index (κ3) is 4.45. The van der Waals surface area contributed by atoms with E-state index in [0.29, 0.717) is 10.9 Å². The summed E-state index contributed by atoms with van der Waals surface area (Å²) in [5.74, 6) is 0.431. The Morgan fingerprint density at radius 3 is 2.14 bits per heavy atom. The molecular formula is C23H18N2O2S. The Hall–Kier alpha value is -3.44. The van der Waals surface area contributed by atoms with Gasteiger partial charge in [0.15, 0.2) is 11.7 Å². The molecule has 0 saturated heterocycles. The molecule has 0 radical (unpaired) electrons. The van der Waals surface area contributed by atoms with E-state index >= 15 is 0 Å². The van der Waals surface area contributed by atoms with E-state index in [1.807, 2.05) is 66.0 Å². The predicted octanol–water partition coefficient (Wildman–Crippen LogP) is 5.49. The molecule has 0 aliphatic rings. The number of rotatable bonds is 6. The van der Waals surface area contributed by atoms with Crippen LogP contribution in [0.2, 0.25) is 0 Å². The first-order valence-electron chi connectivity index (χ1n) is 8.87. The lowest BCUT2D eigenvalue weighted by Gasteiger charge is -2.05. The topological polar surface area (TPSA) is 51.2 Å². The first kappa shape index (κ1) is 17.9. The Kier molecular flexibility index (Phi) is 5.45. The molecule has 1 amide bonds. The van der Waals surface area contributed by atoms with Crippen molar-refractivity contribution in [2.24, 2.45) is 0 Å². The number of aromatic nitrogens is 1. The lowest BCUT2D eigenvalue weighted by Crippen LogP contribution is -2.19. The average Bonchev–Trinajstić information content (AvgIpc) is 3.22. The smallest absolute Gasteiger partial charge is 0.264 e. The number of nitrogens with one attached hydrogen (secondary N) is 1. The summed E-state index contributed by atoms with van der Waals surface area (Å²) in [5.41, 5.74) is 4.19. The Balaban J connectivity index is 1.38. The third-order valence-corrected chi connectivity index (χ3v) is 4.91. The molecule has 0 unspecified atom stereocenters. The minimum Gasteiger partial charge on any atom is -0.484 e. The van der Waals surface area contributed by atoms with Crippen LogP contribution in [0.15, 0.2) is 90.3 Å². The van der Waals surface area contributed by atoms with Crippen molar-refractivity contribution >= 4 is 22.4 Å². The number of hydrogen-bond acceptors (Lipinski definition) is 4. The van der Waals surface area contributed by atoms with Crippen molar-refractivity contribution in [3.8, 4) is 28.1 Å². The Morgan fingerprint density at radius 1 is 0.821 bits per heavy atom. The SMILES string of the molecule is O=C(COc1ccccc1)Nc1nc(-c2ccc(-c3ccccc3)cc2)cs1. The lowest BCUT2D eigenvalue weighted by atomic mass is 10.0. The van der Waals surface area contributed by atoms with E-state index in [-0.39, 0.29) is 12.5 Å². The van der Waals surface area contributed by atoms with Crippen molar-refractivity contribution in [3.63, 3.8) is 0 Å². The van der Waals surface area contributed by atoms with Gasteiger partial charge in [0.1, 0.15) is 5.75 Å². The van der Waals surface area contributed by atoms with Crippen molar-refractivity contribution in [2.45, 2.75) is 0 Å². The number of benzene rings is 3. The van der Waals surface area contributed by atoms with Gasteiger partial charge in [-0.2, -0.15) is 0 Å². The van der Waals surface area contributed by atoms with Gasteiger partial charge in [-0.3, -0.25) is 10.1 Å². The van der Waals surface area contributed by atoms with Gasteiger partial charge in [0.25, 0.3) is 5.91 Å². The van der Waals surface area contributed by atoms with Crippen LogP contribution in [0.3, 0.4) is 0 Å². The van der Waals surface area contributed by atoms with E-state index in [0.717, 1.165) is 16.8 Å². The molecule has 0 fully saturated rings. The zero-order valence-electron chi connectivity index (χ0n) is 15.0. The maximum atomic E-state index is 12.1. The molecule has 28 heavy (non-hydrogen) atoms. The van der Waals surface area contributed by atoms with E-state index in [1.165, 1.54) is 16.9 Å². The predicted molar refractivity (Wildman–Crippen MR) is 114 cm³/mol. The average molecular weight is 386 g/mol. The van der Waals surface area contributed by atoms with Crippen molar-refractivity contribution in [3.05, 3.63) is 90.3 Å². The van der Waals surface area contributed by atoms with Gasteiger partial charge in [0, 0.05) is 10.9 Å². The van der Waals surface area contributed by atoms with Crippen molar-refractivity contribution in [1.82, 2.24) is 4.98 Å². The summed E-state index contributed by atoms with van der Waals surface area (Å²) < 4.78 is 5.45. The summed E-state index contributed by atoms with van der Waals surface area (Å²) in [6.45, 7) is -0.0509. The molecular weight excluding hydrogens is 368 g/mol. The van der Waals surface area contributed by atoms with Crippen LogP contribution in [0.1, 0.15) is 0 Å². The van der Waals surface area contributed by atoms with Crippen molar-refractivity contribution in [1.29, 1.82) is 0 Å². The van der Waals surface area contributed by atoms with Gasteiger partial charge in [-0.15, -0.1) is 11.3 Å². The number of carbonyl (C=O) groups is 1. The minimum atomic E-state index is -0.232. The number of hydrogen-bond donors (Lipinski definition) is 1. The Bertz CT molecular complexity index is 1040. The number of anilines is 1. The number of thiazole rings is 1. The lowest BCUT2D eigenvalue weighted by molar-refractivity contribution is -0.118. The molecule has 0 saturated carbocycles. The highest BCUT2D eigenvalue weighted by Gasteiger charge is 2.09. The summed E-state index contributed by atoms with van der Waals surface area (Å²) in [6, 6.07) is 27.7. The minimum absolute atomic E-state index is 0.0509. The maximum Gasteiger partial charge on any atom is 0.264 e. The van der Waals surface area contributed by atoms with Crippen LogP contribution in [0.5, 0.6) is 5.75 Å². The molecule has 1 N–H and O–H groups in total. The molecule has 0 spiro atoms. The molecule has 5 heteroatoms. The van der Waals surface area contributed by atoms with Crippen molar-refractivity contribution in [2.75, 3.05) is 11.9 Å². The Morgan fingerprint density at radius 2 is 1.43 bits per heavy atom. The second kappa shape index (κ2) is 8.50. The summed E-state index contributed by atoms with van der Waals surface area (Å²) in [4.78, 5) is 16.6. The van der Waals surface area contributed by atoms with Crippen LogP contribution >= 0.6 is 11.3 Å². The second-order valence-electron chi connectivity index (χ2n) is 6.13. The summed E-state index contributed by atoms with van der Waals surface area (Å²) >= 11 is 1.40. The van der Waals surface area contributed by atoms with Gasteiger partial charge >= 0.3 is 0 Å². The number of ether oxygens (including phenoxy) is 1. The highest BCUT2D eigenvalue weighted by Crippen LogP contribution is 2.27. The normalized spacial score (nSPS) is 10.4. The first-order valence-corrected chi connectivity index (χ1v) is 9.75.